The van der Waals surface area contributed by atoms with E-state index in [1.807, 2.05) is 6.07 Å². The average Bonchev–Trinajstić information content (AvgIpc) is 2.71. The number of carbonyl (C=O) groups excluding carboxylic acids is 1. The Kier molecular flexibility index (Phi) is 5.23. The molecule has 0 bridgehead atoms. The van der Waals surface area contributed by atoms with Crippen LogP contribution >= 0.6 is 11.6 Å². The molecule has 2 aromatic rings. The van der Waals surface area contributed by atoms with Gasteiger partial charge in [0.2, 0.25) is 5.91 Å². The summed E-state index contributed by atoms with van der Waals surface area (Å²) in [5.41, 5.74) is 1.79. The van der Waals surface area contributed by atoms with E-state index >= 15 is 0 Å². The highest BCUT2D eigenvalue weighted by atomic mass is 35.5. The number of halogens is 1. The zero-order valence-corrected chi connectivity index (χ0v) is 15.2. The van der Waals surface area contributed by atoms with E-state index < -0.39 is 24.3 Å². The van der Waals surface area contributed by atoms with Crippen molar-refractivity contribution in [3.05, 3.63) is 53.6 Å². The number of anilines is 3. The number of nitrogens with one attached hydrogen (secondary N) is 1. The van der Waals surface area contributed by atoms with Crippen molar-refractivity contribution >= 4 is 52.6 Å². The standard InChI is InChI=1S/C19H17ClN4O3/c1-23-15-8-7-12(20)9-16(15)24(13-5-3-2-4-6-13)19(27)14(18(23)21)10-22-11-17(25)26/h2-10,14,21H,11H2,1H3,(H,25,26). The maximum atomic E-state index is 13.3. The number of amidine groups is 1. The van der Waals surface area contributed by atoms with Crippen molar-refractivity contribution in [3.8, 4) is 0 Å². The largest absolute Gasteiger partial charge is 0.480 e. The molecule has 1 aliphatic rings. The fraction of sp³-hybridized carbons (Fsp3) is 0.158. The number of nitrogens with zero attached hydrogens (tertiary/aromatic N) is 3. The second-order valence-corrected chi connectivity index (χ2v) is 6.38. The molecule has 0 spiro atoms. The Morgan fingerprint density at radius 2 is 1.96 bits per heavy atom. The first-order valence-electron chi connectivity index (χ1n) is 8.12. The van der Waals surface area contributed by atoms with E-state index in [0.29, 0.717) is 22.1 Å². The number of amides is 1. The lowest BCUT2D eigenvalue weighted by Crippen LogP contribution is -2.40. The van der Waals surface area contributed by atoms with Gasteiger partial charge in [-0.1, -0.05) is 29.8 Å². The number of fused-ring (bicyclic) bond motifs is 1. The molecule has 3 rings (SSSR count). The minimum absolute atomic E-state index is 0.00357. The third-order valence-corrected chi connectivity index (χ3v) is 4.41. The lowest BCUT2D eigenvalue weighted by Gasteiger charge is -2.24. The van der Waals surface area contributed by atoms with Crippen molar-refractivity contribution < 1.29 is 14.7 Å². The summed E-state index contributed by atoms with van der Waals surface area (Å²) in [4.78, 5) is 30.9. The third-order valence-electron chi connectivity index (χ3n) is 4.18. The second kappa shape index (κ2) is 7.59. The van der Waals surface area contributed by atoms with Gasteiger partial charge >= 0.3 is 5.97 Å². The van der Waals surface area contributed by atoms with E-state index in [1.165, 1.54) is 11.1 Å². The minimum Gasteiger partial charge on any atom is -0.480 e. The number of carboxylic acids is 1. The molecular formula is C19H17ClN4O3. The lowest BCUT2D eigenvalue weighted by molar-refractivity contribution is -0.135. The minimum atomic E-state index is -1.11. The smallest absolute Gasteiger partial charge is 0.325 e. The molecule has 138 valence electrons. The van der Waals surface area contributed by atoms with Crippen LogP contribution in [-0.2, 0) is 9.59 Å². The Hall–Kier alpha value is -3.19. The van der Waals surface area contributed by atoms with Gasteiger partial charge in [0.05, 0.1) is 11.4 Å². The van der Waals surface area contributed by atoms with Gasteiger partial charge in [-0.25, -0.2) is 0 Å². The number of carboxylic acid groups (broad SMARTS) is 1. The molecule has 1 atom stereocenters. The van der Waals surface area contributed by atoms with E-state index in [1.54, 1.807) is 54.4 Å². The van der Waals surface area contributed by atoms with Gasteiger partial charge in [0, 0.05) is 24.0 Å². The van der Waals surface area contributed by atoms with Crippen LogP contribution in [0.25, 0.3) is 0 Å². The molecule has 0 saturated carbocycles. The number of benzene rings is 2. The van der Waals surface area contributed by atoms with Crippen LogP contribution in [0.3, 0.4) is 0 Å². The predicted octanol–water partition coefficient (Wildman–Crippen LogP) is 3.20. The zero-order chi connectivity index (χ0) is 19.6. The number of carbonyl (C=O) groups is 2. The highest BCUT2D eigenvalue weighted by Crippen LogP contribution is 2.40. The van der Waals surface area contributed by atoms with E-state index in [9.17, 15) is 9.59 Å². The summed E-state index contributed by atoms with van der Waals surface area (Å²) in [5.74, 6) is -2.55. The molecule has 1 heterocycles. The quantitative estimate of drug-likeness (QED) is 0.791. The Labute approximate surface area is 161 Å². The molecule has 1 amide bonds. The third kappa shape index (κ3) is 3.68. The summed E-state index contributed by atoms with van der Waals surface area (Å²) < 4.78 is 0. The van der Waals surface area contributed by atoms with Gasteiger partial charge in [0.25, 0.3) is 0 Å². The van der Waals surface area contributed by atoms with Gasteiger partial charge in [-0.3, -0.25) is 24.9 Å². The summed E-state index contributed by atoms with van der Waals surface area (Å²) in [6, 6.07) is 14.1. The van der Waals surface area contributed by atoms with Crippen LogP contribution in [0.5, 0.6) is 0 Å². The van der Waals surface area contributed by atoms with Crippen molar-refractivity contribution in [2.45, 2.75) is 0 Å². The van der Waals surface area contributed by atoms with Crippen molar-refractivity contribution in [2.24, 2.45) is 10.9 Å². The maximum Gasteiger partial charge on any atom is 0.325 e. The van der Waals surface area contributed by atoms with Crippen molar-refractivity contribution in [1.29, 1.82) is 5.41 Å². The normalized spacial score (nSPS) is 17.2. The van der Waals surface area contributed by atoms with E-state index in [0.717, 1.165) is 0 Å². The Morgan fingerprint density at radius 3 is 2.63 bits per heavy atom. The van der Waals surface area contributed by atoms with E-state index in [2.05, 4.69) is 4.99 Å². The van der Waals surface area contributed by atoms with Crippen LogP contribution in [0.15, 0.2) is 53.5 Å². The Morgan fingerprint density at radius 1 is 1.26 bits per heavy atom. The molecule has 0 aromatic heterocycles. The van der Waals surface area contributed by atoms with Gasteiger partial charge in [-0.15, -0.1) is 0 Å². The molecule has 2 N–H and O–H groups in total. The van der Waals surface area contributed by atoms with Crippen LogP contribution in [0, 0.1) is 11.3 Å². The molecule has 0 radical (unpaired) electrons. The summed E-state index contributed by atoms with van der Waals surface area (Å²) in [6.45, 7) is -0.467. The second-order valence-electron chi connectivity index (χ2n) is 5.95. The van der Waals surface area contributed by atoms with Crippen LogP contribution in [0.2, 0.25) is 5.02 Å². The Balaban J connectivity index is 2.16. The monoisotopic (exact) mass is 384 g/mol. The molecule has 0 aliphatic carbocycles. The molecule has 1 unspecified atom stereocenters. The summed E-state index contributed by atoms with van der Waals surface area (Å²) in [5, 5.41) is 17.7. The van der Waals surface area contributed by atoms with Crippen LogP contribution in [0.4, 0.5) is 17.1 Å². The summed E-state index contributed by atoms with van der Waals surface area (Å²) in [7, 11) is 1.68. The van der Waals surface area contributed by atoms with Gasteiger partial charge in [-0.05, 0) is 30.3 Å². The lowest BCUT2D eigenvalue weighted by atomic mass is 10.1. The van der Waals surface area contributed by atoms with Gasteiger partial charge in [0.1, 0.15) is 18.3 Å². The average molecular weight is 385 g/mol. The van der Waals surface area contributed by atoms with Crippen molar-refractivity contribution in [3.63, 3.8) is 0 Å². The molecule has 7 nitrogen and oxygen atoms in total. The van der Waals surface area contributed by atoms with Crippen LogP contribution in [0.1, 0.15) is 0 Å². The van der Waals surface area contributed by atoms with Gasteiger partial charge < -0.3 is 10.0 Å². The first kappa shape index (κ1) is 18.6. The topological polar surface area (TPSA) is 97.1 Å². The van der Waals surface area contributed by atoms with E-state index in [4.69, 9.17) is 22.1 Å². The SMILES string of the molecule is CN1C(=N)C(C=NCC(=O)O)C(=O)N(c2ccccc2)c2cc(Cl)ccc21. The van der Waals surface area contributed by atoms with E-state index in [-0.39, 0.29) is 5.84 Å². The first-order chi connectivity index (χ1) is 12.9. The number of hydrogen-bond acceptors (Lipinski definition) is 4. The van der Waals surface area contributed by atoms with Gasteiger partial charge in [-0.2, -0.15) is 0 Å². The van der Waals surface area contributed by atoms with Crippen LogP contribution in [-0.4, -0.2) is 42.6 Å². The highest BCUT2D eigenvalue weighted by Gasteiger charge is 2.36. The van der Waals surface area contributed by atoms with Crippen LogP contribution < -0.4 is 9.80 Å². The van der Waals surface area contributed by atoms with Gasteiger partial charge in [0.15, 0.2) is 0 Å². The van der Waals surface area contributed by atoms with Crippen molar-refractivity contribution in [2.75, 3.05) is 23.4 Å². The van der Waals surface area contributed by atoms with Crippen molar-refractivity contribution in [1.82, 2.24) is 0 Å². The number of aliphatic carboxylic acids is 1. The molecule has 8 heteroatoms. The highest BCUT2D eigenvalue weighted by molar-refractivity contribution is 6.32. The molecule has 0 saturated heterocycles. The number of aliphatic imine (C=N–C) groups is 1. The molecule has 0 fully saturated rings. The molecule has 27 heavy (non-hydrogen) atoms. The number of para-hydroxylation sites is 1. The fourth-order valence-electron chi connectivity index (χ4n) is 2.89. The first-order valence-corrected chi connectivity index (χ1v) is 8.50. The summed E-state index contributed by atoms with van der Waals surface area (Å²) >= 11 is 6.17. The Bertz CT molecular complexity index is 930. The molecule has 2 aromatic carbocycles. The number of hydrogen-bond donors (Lipinski definition) is 2. The molecular weight excluding hydrogens is 368 g/mol. The fourth-order valence-corrected chi connectivity index (χ4v) is 3.05. The number of rotatable bonds is 4. The zero-order valence-electron chi connectivity index (χ0n) is 14.5. The molecule has 1 aliphatic heterocycles. The predicted molar refractivity (Wildman–Crippen MR) is 106 cm³/mol. The summed E-state index contributed by atoms with van der Waals surface area (Å²) in [6.07, 6.45) is 1.22. The maximum absolute atomic E-state index is 13.3.